The fraction of sp³-hybridized carbons (Fsp3) is 0.509. The van der Waals surface area contributed by atoms with Crippen LogP contribution in [0.1, 0.15) is 110 Å². The number of ether oxygens (including phenoxy) is 2. The number of nitrogens with zero attached hydrogens (tertiary/aromatic N) is 2. The molecule has 1 aliphatic carbocycles. The van der Waals surface area contributed by atoms with Crippen molar-refractivity contribution in [3.05, 3.63) is 95.6 Å². The zero-order valence-electron chi connectivity index (χ0n) is 41.3. The molecule has 3 aliphatic rings. The molecule has 6 atom stereocenters. The Labute approximate surface area is 410 Å². The van der Waals surface area contributed by atoms with Gasteiger partial charge in [-0.05, 0) is 92.5 Å². The molecule has 0 spiro atoms. The number of nitrogens with two attached hydrogens (primary N) is 1. The van der Waals surface area contributed by atoms with Crippen molar-refractivity contribution in [3.8, 4) is 11.1 Å². The summed E-state index contributed by atoms with van der Waals surface area (Å²) in [6, 6.07) is 17.9. The van der Waals surface area contributed by atoms with Gasteiger partial charge in [0.15, 0.2) is 0 Å². The summed E-state index contributed by atoms with van der Waals surface area (Å²) in [4.78, 5) is 113. The first-order valence-corrected chi connectivity index (χ1v) is 24.4. The van der Waals surface area contributed by atoms with Crippen LogP contribution in [0.25, 0.3) is 11.1 Å². The number of hydrogen-bond donors (Lipinski definition) is 5. The maximum atomic E-state index is 14.4. The van der Waals surface area contributed by atoms with Crippen LogP contribution in [0.5, 0.6) is 0 Å². The third-order valence-electron chi connectivity index (χ3n) is 12.9. The Morgan fingerprint density at radius 1 is 0.671 bits per heavy atom. The van der Waals surface area contributed by atoms with Crippen molar-refractivity contribution in [1.29, 1.82) is 0 Å². The molecule has 0 aromatic heterocycles. The molecule has 0 unspecified atom stereocenters. The molecule has 70 heavy (non-hydrogen) atoms. The smallest absolute Gasteiger partial charge is 0.407 e. The van der Waals surface area contributed by atoms with Gasteiger partial charge in [0, 0.05) is 25.4 Å². The van der Waals surface area contributed by atoms with E-state index in [2.05, 4.69) is 21.3 Å². The van der Waals surface area contributed by atoms with Crippen molar-refractivity contribution >= 4 is 47.5 Å². The molecule has 2 heterocycles. The van der Waals surface area contributed by atoms with E-state index >= 15 is 0 Å². The minimum Gasteiger partial charge on any atom is -0.458 e. The molecule has 6 rings (SSSR count). The molecule has 376 valence electrons. The van der Waals surface area contributed by atoms with Crippen LogP contribution in [-0.2, 0) is 49.5 Å². The average molecular weight is 964 g/mol. The third-order valence-corrected chi connectivity index (χ3v) is 12.9. The van der Waals surface area contributed by atoms with E-state index in [0.717, 1.165) is 22.3 Å². The van der Waals surface area contributed by atoms with Crippen molar-refractivity contribution < 1.29 is 47.8 Å². The van der Waals surface area contributed by atoms with Crippen LogP contribution in [0.4, 0.5) is 4.79 Å². The van der Waals surface area contributed by atoms with Gasteiger partial charge < -0.3 is 46.3 Å². The summed E-state index contributed by atoms with van der Waals surface area (Å²) in [5.41, 5.74) is 9.57. The molecule has 17 heteroatoms. The topological polar surface area (TPSA) is 236 Å². The number of nitrogens with one attached hydrogen (secondary N) is 4. The van der Waals surface area contributed by atoms with Crippen LogP contribution in [0.3, 0.4) is 0 Å². The van der Waals surface area contributed by atoms with Crippen molar-refractivity contribution in [2.24, 2.45) is 17.6 Å². The quantitative estimate of drug-likeness (QED) is 0.106. The molecule has 7 amide bonds. The lowest BCUT2D eigenvalue weighted by molar-refractivity contribution is -0.163. The van der Waals surface area contributed by atoms with Gasteiger partial charge in [0.25, 0.3) is 0 Å². The highest BCUT2D eigenvalue weighted by Crippen LogP contribution is 2.44. The van der Waals surface area contributed by atoms with Crippen molar-refractivity contribution in [1.82, 2.24) is 31.1 Å². The summed E-state index contributed by atoms with van der Waals surface area (Å²) in [6.45, 7) is 13.0. The third kappa shape index (κ3) is 13.3. The zero-order valence-corrected chi connectivity index (χ0v) is 41.3. The number of esters is 1. The van der Waals surface area contributed by atoms with Gasteiger partial charge in [-0.2, -0.15) is 0 Å². The Morgan fingerprint density at radius 2 is 1.23 bits per heavy atom. The minimum absolute atomic E-state index is 0.0220. The summed E-state index contributed by atoms with van der Waals surface area (Å²) in [5, 5.41) is 11.1. The van der Waals surface area contributed by atoms with E-state index in [1.54, 1.807) is 58.9 Å². The second kappa shape index (κ2) is 23.2. The molecule has 0 bridgehead atoms. The molecule has 6 N–H and O–H groups in total. The molecule has 3 aromatic carbocycles. The SMILES string of the molecule is CC(C)C[C@H](NC(=O)[C@@H](NC(=O)[C@H](Cc1ccccc1)NC(=O)[C@@H]1CCCN1C(=O)[C@H](CC(N)=O)NC(=O)OCC1c2ccccc2-c2ccccc21)C(C)C)C(=O)N1CCC[C@H]1C(=O)OC(C)(C)C. The van der Waals surface area contributed by atoms with Gasteiger partial charge in [0.05, 0.1) is 6.42 Å². The van der Waals surface area contributed by atoms with Crippen molar-refractivity contribution in [2.45, 2.75) is 141 Å². The normalized spacial score (nSPS) is 18.2. The molecule has 2 aliphatic heterocycles. The van der Waals surface area contributed by atoms with Gasteiger partial charge >= 0.3 is 12.1 Å². The van der Waals surface area contributed by atoms with E-state index in [9.17, 15) is 38.4 Å². The molecule has 2 fully saturated rings. The van der Waals surface area contributed by atoms with Gasteiger partial charge in [-0.15, -0.1) is 0 Å². The second-order valence-corrected chi connectivity index (χ2v) is 20.3. The Morgan fingerprint density at radius 3 is 1.80 bits per heavy atom. The minimum atomic E-state index is -1.45. The van der Waals surface area contributed by atoms with Gasteiger partial charge in [0.2, 0.25) is 35.4 Å². The molecular formula is C53H69N7O10. The number of benzene rings is 3. The maximum absolute atomic E-state index is 14.4. The van der Waals surface area contributed by atoms with Crippen LogP contribution < -0.4 is 27.0 Å². The van der Waals surface area contributed by atoms with Crippen LogP contribution in [-0.4, -0.2) is 119 Å². The monoisotopic (exact) mass is 964 g/mol. The fourth-order valence-corrected chi connectivity index (χ4v) is 9.60. The number of amides is 7. The Kier molecular flexibility index (Phi) is 17.4. The van der Waals surface area contributed by atoms with Gasteiger partial charge in [-0.1, -0.05) is 107 Å². The lowest BCUT2D eigenvalue weighted by atomic mass is 9.98. The van der Waals surface area contributed by atoms with E-state index < -0.39 is 102 Å². The number of fused-ring (bicyclic) bond motifs is 3. The maximum Gasteiger partial charge on any atom is 0.407 e. The number of rotatable bonds is 19. The lowest BCUT2D eigenvalue weighted by Crippen LogP contribution is -2.60. The van der Waals surface area contributed by atoms with Crippen molar-refractivity contribution in [3.63, 3.8) is 0 Å². The molecule has 2 saturated heterocycles. The first kappa shape index (κ1) is 52.6. The largest absolute Gasteiger partial charge is 0.458 e. The van der Waals surface area contributed by atoms with Crippen molar-refractivity contribution in [2.75, 3.05) is 19.7 Å². The first-order valence-electron chi connectivity index (χ1n) is 24.4. The first-order chi connectivity index (χ1) is 33.2. The Bertz CT molecular complexity index is 2360. The number of primary amides is 1. The van der Waals surface area contributed by atoms with E-state index in [4.69, 9.17) is 15.2 Å². The number of alkyl carbamates (subject to hydrolysis) is 1. The average Bonchev–Trinajstić information content (AvgIpc) is 4.07. The van der Waals surface area contributed by atoms with Gasteiger partial charge in [-0.3, -0.25) is 28.8 Å². The van der Waals surface area contributed by atoms with Gasteiger partial charge in [-0.25, -0.2) is 9.59 Å². The van der Waals surface area contributed by atoms with Crippen LogP contribution >= 0.6 is 0 Å². The zero-order chi connectivity index (χ0) is 50.9. The molecule has 3 aromatic rings. The van der Waals surface area contributed by atoms with E-state index in [-0.39, 0.29) is 44.2 Å². The van der Waals surface area contributed by atoms with E-state index in [0.29, 0.717) is 31.4 Å². The standard InChI is InChI=1S/C53H69N7O10/c1-31(2)27-40(49(65)60-26-16-24-43(60)51(67)70-53(5,6)7)56-48(64)45(32(3)4)58-46(62)39(28-33-17-9-8-10-18-33)55-47(63)42-23-15-25-59(42)50(66)41(29-44(54)61)57-52(68)69-30-38-36-21-13-11-19-34(36)35-20-12-14-22-37(35)38/h8-14,17-22,31-32,38-43,45H,15-16,23-30H2,1-7H3,(H2,54,61)(H,55,63)(H,56,64)(H,57,68)(H,58,62)/t39-,40-,41-,42-,43-,45-/m0/s1. The highest BCUT2D eigenvalue weighted by atomic mass is 16.6. The molecular weight excluding hydrogens is 895 g/mol. The number of carbonyl (C=O) groups is 8. The van der Waals surface area contributed by atoms with Gasteiger partial charge in [0.1, 0.15) is 48.5 Å². The number of hydrogen-bond acceptors (Lipinski definition) is 10. The lowest BCUT2D eigenvalue weighted by Gasteiger charge is -2.32. The summed E-state index contributed by atoms with van der Waals surface area (Å²) in [5.74, 6) is -5.20. The Balaban J connectivity index is 1.14. The summed E-state index contributed by atoms with van der Waals surface area (Å²) in [6.07, 6.45) is 0.454. The summed E-state index contributed by atoms with van der Waals surface area (Å²) >= 11 is 0. The summed E-state index contributed by atoms with van der Waals surface area (Å²) < 4.78 is 11.3. The Hall–Kier alpha value is -6.78. The predicted octanol–water partition coefficient (Wildman–Crippen LogP) is 4.49. The van der Waals surface area contributed by atoms with Crippen LogP contribution in [0.2, 0.25) is 0 Å². The summed E-state index contributed by atoms with van der Waals surface area (Å²) in [7, 11) is 0. The number of carbonyl (C=O) groups excluding carboxylic acids is 8. The van der Waals surface area contributed by atoms with E-state index in [1.165, 1.54) is 9.80 Å². The fourth-order valence-electron chi connectivity index (χ4n) is 9.60. The highest BCUT2D eigenvalue weighted by molar-refractivity contribution is 5.98. The van der Waals surface area contributed by atoms with Crippen LogP contribution in [0, 0.1) is 11.8 Å². The predicted molar refractivity (Wildman–Crippen MR) is 261 cm³/mol. The second-order valence-electron chi connectivity index (χ2n) is 20.3. The molecule has 0 radical (unpaired) electrons. The van der Waals surface area contributed by atoms with Crippen LogP contribution in [0.15, 0.2) is 78.9 Å². The highest BCUT2D eigenvalue weighted by Gasteiger charge is 2.43. The van der Waals surface area contributed by atoms with E-state index in [1.807, 2.05) is 68.4 Å². The number of likely N-dealkylation sites (tertiary alicyclic amines) is 2. The molecule has 17 nitrogen and oxygen atoms in total. The molecule has 0 saturated carbocycles.